The van der Waals surface area contributed by atoms with Crippen LogP contribution in [-0.2, 0) is 4.79 Å². The number of likely N-dealkylation sites (tertiary alicyclic amines) is 1. The number of aliphatic hydroxyl groups is 1. The minimum Gasteiger partial charge on any atom is -0.480 e. The second kappa shape index (κ2) is 5.23. The number of carboxylic acids is 1. The Labute approximate surface area is 108 Å². The normalized spacial score (nSPS) is 22.3. The third kappa shape index (κ3) is 3.00. The third-order valence-electron chi connectivity index (χ3n) is 2.92. The fourth-order valence-electron chi connectivity index (χ4n) is 2.00. The summed E-state index contributed by atoms with van der Waals surface area (Å²) in [5.74, 6) is -1.59. The molecule has 1 aliphatic heterocycles. The Balaban J connectivity index is 2.06. The topological polar surface area (TPSA) is 89.9 Å². The summed E-state index contributed by atoms with van der Waals surface area (Å²) >= 11 is 0. The third-order valence-corrected chi connectivity index (χ3v) is 2.92. The zero-order valence-corrected chi connectivity index (χ0v) is 9.91. The number of aliphatic carboxylic acids is 1. The van der Waals surface area contributed by atoms with Crippen LogP contribution in [-0.4, -0.2) is 45.8 Å². The van der Waals surface area contributed by atoms with Crippen molar-refractivity contribution in [1.82, 2.24) is 4.90 Å². The summed E-state index contributed by atoms with van der Waals surface area (Å²) in [6, 6.07) is 3.43. The quantitative estimate of drug-likeness (QED) is 0.742. The zero-order chi connectivity index (χ0) is 14.0. The summed E-state index contributed by atoms with van der Waals surface area (Å²) in [5, 5.41) is 20.9. The lowest BCUT2D eigenvalue weighted by atomic mass is 10.2. The number of halogens is 1. The predicted molar refractivity (Wildman–Crippen MR) is 64.2 cm³/mol. The van der Waals surface area contributed by atoms with E-state index in [2.05, 4.69) is 5.32 Å². The molecule has 1 fully saturated rings. The summed E-state index contributed by atoms with van der Waals surface area (Å²) in [6.45, 7) is -0.0377. The van der Waals surface area contributed by atoms with E-state index in [-0.39, 0.29) is 13.0 Å². The second-order valence-corrected chi connectivity index (χ2v) is 4.33. The van der Waals surface area contributed by atoms with Gasteiger partial charge in [0.25, 0.3) is 0 Å². The molecule has 7 heteroatoms. The lowest BCUT2D eigenvalue weighted by Gasteiger charge is -2.21. The van der Waals surface area contributed by atoms with Crippen molar-refractivity contribution in [3.05, 3.63) is 30.1 Å². The van der Waals surface area contributed by atoms with E-state index in [0.29, 0.717) is 5.69 Å². The largest absolute Gasteiger partial charge is 0.480 e. The Morgan fingerprint density at radius 1 is 1.32 bits per heavy atom. The van der Waals surface area contributed by atoms with Gasteiger partial charge in [-0.05, 0) is 24.3 Å². The van der Waals surface area contributed by atoms with Crippen LogP contribution in [0, 0.1) is 5.82 Å². The van der Waals surface area contributed by atoms with E-state index >= 15 is 0 Å². The minimum absolute atomic E-state index is 0.00612. The molecule has 0 saturated carbocycles. The Kier molecular flexibility index (Phi) is 3.66. The van der Waals surface area contributed by atoms with Gasteiger partial charge in [0.05, 0.1) is 6.10 Å². The van der Waals surface area contributed by atoms with Crippen molar-refractivity contribution in [2.24, 2.45) is 0 Å². The lowest BCUT2D eigenvalue weighted by molar-refractivity contribution is -0.141. The number of amides is 2. The van der Waals surface area contributed by atoms with Gasteiger partial charge in [0.2, 0.25) is 0 Å². The van der Waals surface area contributed by atoms with Crippen molar-refractivity contribution in [3.63, 3.8) is 0 Å². The molecular formula is C12H13FN2O4. The van der Waals surface area contributed by atoms with Gasteiger partial charge in [-0.25, -0.2) is 14.0 Å². The van der Waals surface area contributed by atoms with E-state index in [1.165, 1.54) is 24.3 Å². The molecule has 1 aromatic carbocycles. The first kappa shape index (κ1) is 13.3. The smallest absolute Gasteiger partial charge is 0.326 e. The number of rotatable bonds is 2. The number of β-amino-alcohol motifs (C(OH)–C–C–N with tert-alkyl or cyclic N) is 1. The fraction of sp³-hybridized carbons (Fsp3) is 0.333. The van der Waals surface area contributed by atoms with Gasteiger partial charge in [-0.3, -0.25) is 0 Å². The van der Waals surface area contributed by atoms with Gasteiger partial charge in [0.1, 0.15) is 11.9 Å². The number of hydrogen-bond donors (Lipinski definition) is 3. The molecule has 6 nitrogen and oxygen atoms in total. The van der Waals surface area contributed by atoms with Crippen LogP contribution in [0.25, 0.3) is 0 Å². The predicted octanol–water partition coefficient (Wildman–Crippen LogP) is 0.877. The van der Waals surface area contributed by atoms with Crippen LogP contribution in [0.4, 0.5) is 14.9 Å². The monoisotopic (exact) mass is 268 g/mol. The van der Waals surface area contributed by atoms with Crippen LogP contribution in [0.5, 0.6) is 0 Å². The van der Waals surface area contributed by atoms with Crippen molar-refractivity contribution in [2.45, 2.75) is 18.6 Å². The molecule has 0 aromatic heterocycles. The number of aliphatic hydroxyl groups excluding tert-OH is 1. The average molecular weight is 268 g/mol. The molecule has 2 amide bonds. The Hall–Kier alpha value is -2.15. The summed E-state index contributed by atoms with van der Waals surface area (Å²) in [6.07, 6.45) is -0.841. The first-order valence-electron chi connectivity index (χ1n) is 5.71. The van der Waals surface area contributed by atoms with Crippen LogP contribution in [0.2, 0.25) is 0 Å². The molecule has 0 radical (unpaired) electrons. The van der Waals surface area contributed by atoms with E-state index in [1.54, 1.807) is 0 Å². The lowest BCUT2D eigenvalue weighted by Crippen LogP contribution is -2.43. The highest BCUT2D eigenvalue weighted by Crippen LogP contribution is 2.19. The molecule has 0 aliphatic carbocycles. The molecule has 2 atom stereocenters. The molecule has 1 saturated heterocycles. The Morgan fingerprint density at radius 3 is 2.53 bits per heavy atom. The maximum Gasteiger partial charge on any atom is 0.326 e. The highest BCUT2D eigenvalue weighted by molar-refractivity contribution is 5.92. The molecule has 0 spiro atoms. The minimum atomic E-state index is -1.16. The van der Waals surface area contributed by atoms with Crippen molar-refractivity contribution in [1.29, 1.82) is 0 Å². The number of carboxylic acid groups (broad SMARTS) is 1. The fourth-order valence-corrected chi connectivity index (χ4v) is 2.00. The van der Waals surface area contributed by atoms with Crippen LogP contribution in [0.3, 0.4) is 0 Å². The Morgan fingerprint density at radius 2 is 1.95 bits per heavy atom. The summed E-state index contributed by atoms with van der Waals surface area (Å²) in [7, 11) is 0. The number of benzene rings is 1. The number of carbonyl (C=O) groups is 2. The molecule has 3 N–H and O–H groups in total. The summed E-state index contributed by atoms with van der Waals surface area (Å²) < 4.78 is 12.7. The van der Waals surface area contributed by atoms with E-state index < -0.39 is 30.0 Å². The van der Waals surface area contributed by atoms with Crippen molar-refractivity contribution < 1.29 is 24.2 Å². The molecule has 0 bridgehead atoms. The summed E-state index contributed by atoms with van der Waals surface area (Å²) in [5.41, 5.74) is 0.358. The molecule has 1 aliphatic rings. The Bertz CT molecular complexity index is 491. The van der Waals surface area contributed by atoms with Gasteiger partial charge >= 0.3 is 12.0 Å². The number of nitrogens with zero attached hydrogens (tertiary/aromatic N) is 1. The first-order valence-corrected chi connectivity index (χ1v) is 5.71. The molecular weight excluding hydrogens is 255 g/mol. The van der Waals surface area contributed by atoms with Gasteiger partial charge in [-0.2, -0.15) is 0 Å². The van der Waals surface area contributed by atoms with E-state index in [4.69, 9.17) is 5.11 Å². The standard InChI is InChI=1S/C12H13FN2O4/c13-7-1-3-8(4-2-7)14-12(19)15-6-9(16)5-10(15)11(17)18/h1-4,9-10,16H,5-6H2,(H,14,19)(H,17,18). The molecule has 2 rings (SSSR count). The van der Waals surface area contributed by atoms with Crippen molar-refractivity contribution in [3.8, 4) is 0 Å². The maximum atomic E-state index is 12.7. The number of hydrogen-bond acceptors (Lipinski definition) is 3. The number of carbonyl (C=O) groups excluding carboxylic acids is 1. The van der Waals surface area contributed by atoms with Gasteiger partial charge < -0.3 is 20.4 Å². The van der Waals surface area contributed by atoms with Gasteiger partial charge in [-0.1, -0.05) is 0 Å². The average Bonchev–Trinajstić information content (AvgIpc) is 2.74. The summed E-state index contributed by atoms with van der Waals surface area (Å²) in [4.78, 5) is 23.9. The van der Waals surface area contributed by atoms with E-state index in [9.17, 15) is 19.1 Å². The van der Waals surface area contributed by atoms with Crippen LogP contribution < -0.4 is 5.32 Å². The zero-order valence-electron chi connectivity index (χ0n) is 9.91. The molecule has 102 valence electrons. The highest BCUT2D eigenvalue weighted by atomic mass is 19.1. The SMILES string of the molecule is O=C(O)C1CC(O)CN1C(=O)Nc1ccc(F)cc1. The van der Waals surface area contributed by atoms with E-state index in [1.807, 2.05) is 0 Å². The van der Waals surface area contributed by atoms with Crippen molar-refractivity contribution in [2.75, 3.05) is 11.9 Å². The van der Waals surface area contributed by atoms with Crippen LogP contribution in [0.1, 0.15) is 6.42 Å². The second-order valence-electron chi connectivity index (χ2n) is 4.33. The molecule has 19 heavy (non-hydrogen) atoms. The van der Waals surface area contributed by atoms with E-state index in [0.717, 1.165) is 4.90 Å². The van der Waals surface area contributed by atoms with Crippen molar-refractivity contribution >= 4 is 17.7 Å². The number of nitrogens with one attached hydrogen (secondary N) is 1. The van der Waals surface area contributed by atoms with Crippen LogP contribution in [0.15, 0.2) is 24.3 Å². The number of anilines is 1. The maximum absolute atomic E-state index is 12.7. The van der Waals surface area contributed by atoms with Gasteiger partial charge in [0.15, 0.2) is 0 Å². The van der Waals surface area contributed by atoms with Gasteiger partial charge in [0, 0.05) is 18.7 Å². The van der Waals surface area contributed by atoms with Gasteiger partial charge in [-0.15, -0.1) is 0 Å². The number of urea groups is 1. The molecule has 1 heterocycles. The highest BCUT2D eigenvalue weighted by Gasteiger charge is 2.38. The van der Waals surface area contributed by atoms with Crippen LogP contribution >= 0.6 is 0 Å². The molecule has 2 unspecified atom stereocenters. The molecule has 1 aromatic rings. The first-order chi connectivity index (χ1) is 8.97.